The molecule has 3 N–H and O–H groups in total. The van der Waals surface area contributed by atoms with Gasteiger partial charge in [-0.25, -0.2) is 14.4 Å². The summed E-state index contributed by atoms with van der Waals surface area (Å²) in [7, 11) is 0. The first-order valence-corrected chi connectivity index (χ1v) is 9.66. The molecule has 0 radical (unpaired) electrons. The van der Waals surface area contributed by atoms with Gasteiger partial charge < -0.3 is 11.1 Å². The van der Waals surface area contributed by atoms with E-state index in [4.69, 9.17) is 17.3 Å². The van der Waals surface area contributed by atoms with Crippen molar-refractivity contribution in [2.45, 2.75) is 39.2 Å². The van der Waals surface area contributed by atoms with Crippen LogP contribution in [0.4, 0.5) is 10.2 Å². The molecule has 1 aliphatic rings. The number of hydrogen-bond donors (Lipinski definition) is 2. The van der Waals surface area contributed by atoms with Crippen LogP contribution in [-0.4, -0.2) is 21.5 Å². The summed E-state index contributed by atoms with van der Waals surface area (Å²) in [6.07, 6.45) is 4.71. The average Bonchev–Trinajstić information content (AvgIpc) is 3.07. The summed E-state index contributed by atoms with van der Waals surface area (Å²) in [6.45, 7) is 3.01. The fourth-order valence-corrected chi connectivity index (χ4v) is 3.98. The number of fused-ring (bicyclic) bond motifs is 1. The number of nitrogens with zero attached hydrogens (tertiary/aromatic N) is 3. The van der Waals surface area contributed by atoms with Crippen molar-refractivity contribution in [3.8, 4) is 0 Å². The van der Waals surface area contributed by atoms with Crippen molar-refractivity contribution >= 4 is 34.6 Å². The molecule has 2 heterocycles. The molecule has 1 aliphatic carbocycles. The van der Waals surface area contributed by atoms with E-state index in [9.17, 15) is 0 Å². The van der Waals surface area contributed by atoms with Crippen molar-refractivity contribution in [2.24, 2.45) is 11.7 Å². The predicted octanol–water partition coefficient (Wildman–Crippen LogP) is 4.20. The molecule has 134 valence electrons. The van der Waals surface area contributed by atoms with E-state index in [0.29, 0.717) is 43.0 Å². The standard InChI is InChI=1S/C17H21ClFN5S/c1-2-10-3-4-13-14(15(19)12(10)5-6-20)16(24-17(18)23-13)22-8-11-7-21-9-25-11/h7,9-10H,2-6,8,20H2,1H3,(H,22,23,24). The molecule has 0 aromatic carbocycles. The van der Waals surface area contributed by atoms with Gasteiger partial charge in [-0.3, -0.25) is 4.98 Å². The lowest BCUT2D eigenvalue weighted by Gasteiger charge is -2.17. The molecule has 0 saturated carbocycles. The van der Waals surface area contributed by atoms with Crippen LogP contribution in [0.2, 0.25) is 5.28 Å². The molecule has 3 rings (SSSR count). The lowest BCUT2D eigenvalue weighted by Crippen LogP contribution is -2.10. The number of thiazole rings is 1. The van der Waals surface area contributed by atoms with E-state index in [1.807, 2.05) is 0 Å². The number of nitrogens with two attached hydrogens (primary N) is 1. The number of hydrogen-bond acceptors (Lipinski definition) is 6. The molecule has 8 heteroatoms. The molecule has 0 saturated heterocycles. The van der Waals surface area contributed by atoms with Crippen LogP contribution in [0.1, 0.15) is 42.3 Å². The van der Waals surface area contributed by atoms with Crippen molar-refractivity contribution < 1.29 is 4.39 Å². The van der Waals surface area contributed by atoms with Crippen LogP contribution in [0.5, 0.6) is 0 Å². The highest BCUT2D eigenvalue weighted by Gasteiger charge is 2.28. The lowest BCUT2D eigenvalue weighted by atomic mass is 9.90. The fourth-order valence-electron chi connectivity index (χ4n) is 3.26. The van der Waals surface area contributed by atoms with Crippen LogP contribution in [-0.2, 0) is 13.0 Å². The average molecular weight is 382 g/mol. The minimum Gasteiger partial charge on any atom is -0.364 e. The first-order chi connectivity index (χ1) is 12.1. The molecular formula is C17H21ClFN5S. The maximum absolute atomic E-state index is 15.4. The smallest absolute Gasteiger partial charge is 0.224 e. The van der Waals surface area contributed by atoms with E-state index in [1.165, 1.54) is 11.3 Å². The van der Waals surface area contributed by atoms with Gasteiger partial charge in [-0.15, -0.1) is 11.3 Å². The highest BCUT2D eigenvalue weighted by Crippen LogP contribution is 2.40. The zero-order chi connectivity index (χ0) is 17.8. The Morgan fingerprint density at radius 1 is 1.44 bits per heavy atom. The van der Waals surface area contributed by atoms with Gasteiger partial charge in [0.15, 0.2) is 0 Å². The highest BCUT2D eigenvalue weighted by molar-refractivity contribution is 7.09. The zero-order valence-corrected chi connectivity index (χ0v) is 15.6. The van der Waals surface area contributed by atoms with Gasteiger partial charge in [-0.05, 0) is 55.3 Å². The van der Waals surface area contributed by atoms with Crippen molar-refractivity contribution in [2.75, 3.05) is 11.9 Å². The molecule has 0 fully saturated rings. The summed E-state index contributed by atoms with van der Waals surface area (Å²) >= 11 is 7.61. The second-order valence-electron chi connectivity index (χ2n) is 6.01. The number of rotatable bonds is 6. The Kier molecular flexibility index (Phi) is 5.98. The van der Waals surface area contributed by atoms with Crippen LogP contribution < -0.4 is 11.1 Å². The third-order valence-corrected chi connectivity index (χ3v) is 5.45. The SMILES string of the molecule is CCC1CCc2nc(Cl)nc(NCc3cncs3)c2C(F)=C1CCN. The monoisotopic (exact) mass is 381 g/mol. The Hall–Kier alpha value is -1.57. The first-order valence-electron chi connectivity index (χ1n) is 8.40. The Labute approximate surface area is 155 Å². The summed E-state index contributed by atoms with van der Waals surface area (Å²) in [6, 6.07) is 0. The van der Waals surface area contributed by atoms with Crippen LogP contribution in [0.3, 0.4) is 0 Å². The van der Waals surface area contributed by atoms with Gasteiger partial charge in [0.1, 0.15) is 11.6 Å². The molecule has 0 aliphatic heterocycles. The molecule has 0 bridgehead atoms. The quantitative estimate of drug-likeness (QED) is 0.733. The maximum Gasteiger partial charge on any atom is 0.224 e. The van der Waals surface area contributed by atoms with Crippen molar-refractivity contribution in [3.63, 3.8) is 0 Å². The highest BCUT2D eigenvalue weighted by atomic mass is 35.5. The molecule has 5 nitrogen and oxygen atoms in total. The second-order valence-corrected chi connectivity index (χ2v) is 7.31. The number of halogens is 2. The van der Waals surface area contributed by atoms with E-state index < -0.39 is 0 Å². The Morgan fingerprint density at radius 2 is 2.28 bits per heavy atom. The van der Waals surface area contributed by atoms with E-state index >= 15 is 4.39 Å². The first kappa shape index (κ1) is 18.2. The van der Waals surface area contributed by atoms with Crippen molar-refractivity contribution in [1.82, 2.24) is 15.0 Å². The summed E-state index contributed by atoms with van der Waals surface area (Å²) < 4.78 is 15.4. The summed E-state index contributed by atoms with van der Waals surface area (Å²) in [5, 5.41) is 3.33. The minimum atomic E-state index is -0.242. The van der Waals surface area contributed by atoms with E-state index in [1.54, 1.807) is 11.7 Å². The van der Waals surface area contributed by atoms with Gasteiger partial charge in [0.05, 0.1) is 23.3 Å². The fraction of sp³-hybridized carbons (Fsp3) is 0.471. The van der Waals surface area contributed by atoms with E-state index in [2.05, 4.69) is 27.2 Å². The number of nitrogens with one attached hydrogen (secondary N) is 1. The van der Waals surface area contributed by atoms with Crippen LogP contribution in [0.15, 0.2) is 17.3 Å². The van der Waals surface area contributed by atoms with Gasteiger partial charge >= 0.3 is 0 Å². The lowest BCUT2D eigenvalue weighted by molar-refractivity contribution is 0.521. The van der Waals surface area contributed by atoms with Gasteiger partial charge in [-0.2, -0.15) is 0 Å². The van der Waals surface area contributed by atoms with Gasteiger partial charge in [-0.1, -0.05) is 6.92 Å². The van der Waals surface area contributed by atoms with Gasteiger partial charge in [0.25, 0.3) is 0 Å². The number of aromatic nitrogens is 3. The molecule has 0 spiro atoms. The topological polar surface area (TPSA) is 76.7 Å². The molecule has 25 heavy (non-hydrogen) atoms. The summed E-state index contributed by atoms with van der Waals surface area (Å²) in [5.74, 6) is 0.367. The molecule has 0 amide bonds. The van der Waals surface area contributed by atoms with Gasteiger partial charge in [0, 0.05) is 11.1 Å². The van der Waals surface area contributed by atoms with Crippen LogP contribution >= 0.6 is 22.9 Å². The van der Waals surface area contributed by atoms with E-state index in [0.717, 1.165) is 23.3 Å². The van der Waals surface area contributed by atoms with Gasteiger partial charge in [0.2, 0.25) is 5.28 Å². The number of aryl methyl sites for hydroxylation is 1. The summed E-state index contributed by atoms with van der Waals surface area (Å²) in [5.41, 5.74) is 9.35. The molecule has 1 atom stereocenters. The van der Waals surface area contributed by atoms with E-state index in [-0.39, 0.29) is 17.0 Å². The zero-order valence-electron chi connectivity index (χ0n) is 14.1. The Bertz CT molecular complexity index is 763. The maximum atomic E-state index is 15.4. The molecule has 2 aromatic heterocycles. The van der Waals surface area contributed by atoms with Crippen molar-refractivity contribution in [1.29, 1.82) is 0 Å². The molecule has 2 aromatic rings. The third kappa shape index (κ3) is 3.99. The number of anilines is 1. The largest absolute Gasteiger partial charge is 0.364 e. The summed E-state index contributed by atoms with van der Waals surface area (Å²) in [4.78, 5) is 13.6. The Balaban J connectivity index is 2.03. The molecular weight excluding hydrogens is 361 g/mol. The van der Waals surface area contributed by atoms with Crippen LogP contribution in [0, 0.1) is 5.92 Å². The predicted molar refractivity (Wildman–Crippen MR) is 100 cm³/mol. The Morgan fingerprint density at radius 3 is 2.96 bits per heavy atom. The second kappa shape index (κ2) is 8.21. The van der Waals surface area contributed by atoms with Crippen LogP contribution in [0.25, 0.3) is 5.83 Å². The molecule has 1 unspecified atom stereocenters. The normalized spacial score (nSPS) is 17.4. The third-order valence-electron chi connectivity index (χ3n) is 4.50. The minimum absolute atomic E-state index is 0.133. The van der Waals surface area contributed by atoms with Crippen molar-refractivity contribution in [3.05, 3.63) is 38.7 Å².